The van der Waals surface area contributed by atoms with Crippen LogP contribution in [-0.4, -0.2) is 10.7 Å². The van der Waals surface area contributed by atoms with Crippen LogP contribution in [0, 0.1) is 0 Å². The third kappa shape index (κ3) is 6.61. The van der Waals surface area contributed by atoms with Gasteiger partial charge >= 0.3 is 0 Å². The molecule has 0 atom stereocenters. The van der Waals surface area contributed by atoms with Crippen molar-refractivity contribution in [2.75, 3.05) is 0 Å². The largest absolute Gasteiger partial charge is 0.398 e. The number of fused-ring (bicyclic) bond motifs is 6. The van der Waals surface area contributed by atoms with Gasteiger partial charge in [-0.25, -0.2) is 0 Å². The van der Waals surface area contributed by atoms with E-state index in [4.69, 9.17) is 10.7 Å². The number of pyridine rings is 1. The monoisotopic (exact) mass is 757 g/mol. The summed E-state index contributed by atoms with van der Waals surface area (Å²) in [6.45, 7) is 5.25. The van der Waals surface area contributed by atoms with Crippen molar-refractivity contribution in [2.45, 2.75) is 25.8 Å². The molecule has 0 saturated carbocycles. The number of rotatable bonds is 8. The van der Waals surface area contributed by atoms with Crippen LogP contribution in [0.5, 0.6) is 0 Å². The van der Waals surface area contributed by atoms with Gasteiger partial charge in [-0.05, 0) is 107 Å². The Bertz CT molecular complexity index is 3070. The number of hydrogen-bond acceptors (Lipinski definition) is 3. The van der Waals surface area contributed by atoms with Gasteiger partial charge in [0.1, 0.15) is 0 Å². The van der Waals surface area contributed by atoms with E-state index in [1.54, 1.807) is 6.20 Å². The Balaban J connectivity index is 0.985. The minimum atomic E-state index is -0.0500. The predicted molar refractivity (Wildman–Crippen MR) is 248 cm³/mol. The molecule has 3 heteroatoms. The zero-order valence-corrected chi connectivity index (χ0v) is 33.2. The third-order valence-corrected chi connectivity index (χ3v) is 12.1. The minimum Gasteiger partial charge on any atom is -0.398 e. The molecule has 1 aromatic heterocycles. The van der Waals surface area contributed by atoms with Crippen molar-refractivity contribution in [3.63, 3.8) is 0 Å². The van der Waals surface area contributed by atoms with Crippen molar-refractivity contribution in [1.29, 1.82) is 0 Å². The molecule has 10 rings (SSSR count). The van der Waals surface area contributed by atoms with Gasteiger partial charge < -0.3 is 5.73 Å². The Morgan fingerprint density at radius 2 is 1.22 bits per heavy atom. The first-order valence-corrected chi connectivity index (χ1v) is 20.3. The lowest BCUT2D eigenvalue weighted by Gasteiger charge is -2.21. The van der Waals surface area contributed by atoms with Gasteiger partial charge in [-0.2, -0.15) is 0 Å². The summed E-state index contributed by atoms with van der Waals surface area (Å²) in [6.07, 6.45) is 5.70. The average molecular weight is 758 g/mol. The summed E-state index contributed by atoms with van der Waals surface area (Å²) in [6, 6.07) is 65.1. The highest BCUT2D eigenvalue weighted by atomic mass is 14.7. The van der Waals surface area contributed by atoms with E-state index >= 15 is 0 Å². The maximum atomic E-state index is 7.05. The molecule has 0 fully saturated rings. The van der Waals surface area contributed by atoms with Gasteiger partial charge in [-0.3, -0.25) is 9.98 Å². The quantitative estimate of drug-likeness (QED) is 0.157. The van der Waals surface area contributed by atoms with Crippen molar-refractivity contribution < 1.29 is 0 Å². The van der Waals surface area contributed by atoms with E-state index in [-0.39, 0.29) is 5.41 Å². The zero-order chi connectivity index (χ0) is 39.9. The molecular formula is C56H43N3. The summed E-state index contributed by atoms with van der Waals surface area (Å²) < 4.78 is 0. The summed E-state index contributed by atoms with van der Waals surface area (Å²) in [4.78, 5) is 9.41. The molecule has 0 unspecified atom stereocenters. The molecule has 0 aliphatic heterocycles. The first-order chi connectivity index (χ1) is 28.9. The van der Waals surface area contributed by atoms with Crippen LogP contribution in [0.2, 0.25) is 0 Å². The van der Waals surface area contributed by atoms with Gasteiger partial charge in [0.2, 0.25) is 0 Å². The SMILES string of the molecule is CC1(C)c2ccc(-c3ccc(-c4ccc(/C(N)=C/C(=NCc5ccccc5)c5ccc(-c6cccnc6)cc5)c5ccccc45)cc3)cc2-c2c1ccc1ccccc21. The average Bonchev–Trinajstić information content (AvgIpc) is 3.53. The van der Waals surface area contributed by atoms with Crippen molar-refractivity contribution in [3.05, 3.63) is 228 Å². The molecule has 0 saturated heterocycles. The van der Waals surface area contributed by atoms with Crippen LogP contribution < -0.4 is 5.73 Å². The molecule has 0 spiro atoms. The highest BCUT2D eigenvalue weighted by Gasteiger charge is 2.36. The van der Waals surface area contributed by atoms with E-state index in [0.29, 0.717) is 12.2 Å². The first kappa shape index (κ1) is 36.0. The van der Waals surface area contributed by atoms with Crippen LogP contribution in [0.15, 0.2) is 205 Å². The van der Waals surface area contributed by atoms with Crippen molar-refractivity contribution in [1.82, 2.24) is 4.98 Å². The predicted octanol–water partition coefficient (Wildman–Crippen LogP) is 13.7. The fourth-order valence-electron chi connectivity index (χ4n) is 8.92. The van der Waals surface area contributed by atoms with Gasteiger partial charge in [-0.1, -0.05) is 184 Å². The van der Waals surface area contributed by atoms with E-state index < -0.39 is 0 Å². The summed E-state index contributed by atoms with van der Waals surface area (Å²) >= 11 is 0. The highest BCUT2D eigenvalue weighted by Crippen LogP contribution is 2.52. The van der Waals surface area contributed by atoms with E-state index in [2.05, 4.69) is 177 Å². The van der Waals surface area contributed by atoms with E-state index in [1.165, 1.54) is 49.7 Å². The molecule has 3 nitrogen and oxygen atoms in total. The number of benzene rings is 8. The lowest BCUT2D eigenvalue weighted by atomic mass is 9.82. The molecule has 1 aliphatic carbocycles. The smallest absolute Gasteiger partial charge is 0.0671 e. The second-order valence-electron chi connectivity index (χ2n) is 16.0. The number of allylic oxidation sites excluding steroid dienone is 1. The van der Waals surface area contributed by atoms with Crippen molar-refractivity contribution in [3.8, 4) is 44.5 Å². The van der Waals surface area contributed by atoms with E-state index in [1.807, 2.05) is 36.5 Å². The molecule has 9 aromatic rings. The Morgan fingerprint density at radius 3 is 2.00 bits per heavy atom. The number of hydrogen-bond donors (Lipinski definition) is 1. The maximum Gasteiger partial charge on any atom is 0.0671 e. The number of nitrogens with two attached hydrogens (primary N) is 1. The Labute approximate surface area is 345 Å². The van der Waals surface area contributed by atoms with Gasteiger partial charge in [0, 0.05) is 29.1 Å². The summed E-state index contributed by atoms with van der Waals surface area (Å²) in [5, 5.41) is 4.86. The van der Waals surface area contributed by atoms with Crippen molar-refractivity contribution in [2.24, 2.45) is 10.7 Å². The topological polar surface area (TPSA) is 51.3 Å². The molecule has 2 N–H and O–H groups in total. The number of aromatic nitrogens is 1. The Kier molecular flexibility index (Phi) is 9.07. The summed E-state index contributed by atoms with van der Waals surface area (Å²) in [7, 11) is 0. The third-order valence-electron chi connectivity index (χ3n) is 12.1. The lowest BCUT2D eigenvalue weighted by molar-refractivity contribution is 0.661. The van der Waals surface area contributed by atoms with Crippen LogP contribution in [0.3, 0.4) is 0 Å². The lowest BCUT2D eigenvalue weighted by Crippen LogP contribution is -2.14. The molecule has 8 aromatic carbocycles. The molecule has 59 heavy (non-hydrogen) atoms. The van der Waals surface area contributed by atoms with Crippen LogP contribution in [0.4, 0.5) is 0 Å². The van der Waals surface area contributed by atoms with E-state index in [0.717, 1.165) is 49.9 Å². The van der Waals surface area contributed by atoms with Crippen LogP contribution in [0.1, 0.15) is 41.7 Å². The summed E-state index contributed by atoms with van der Waals surface area (Å²) in [5.41, 5.74) is 24.1. The molecule has 0 radical (unpaired) electrons. The standard InChI is InChI=1S/C56H43N3/c1-56(2)51-30-27-43(33-50(51)55-46-15-7-6-13-40(46)26-31-52(55)56)38-18-22-41(23-19-38)45-28-29-49(48-17-9-8-16-47(45)48)53(57)34-54(59-35-37-11-4-3-5-12-37)42-24-20-39(21-25-42)44-14-10-32-58-36-44/h3-34,36H,35,57H2,1-2H3/b53-34-,59-54?. The highest BCUT2D eigenvalue weighted by molar-refractivity contribution is 6.14. The van der Waals surface area contributed by atoms with Gasteiger partial charge in [0.15, 0.2) is 0 Å². The van der Waals surface area contributed by atoms with Crippen LogP contribution in [-0.2, 0) is 12.0 Å². The number of aliphatic imine (C=N–C) groups is 1. The first-order valence-electron chi connectivity index (χ1n) is 20.3. The Morgan fingerprint density at radius 1 is 0.559 bits per heavy atom. The molecule has 0 amide bonds. The van der Waals surface area contributed by atoms with E-state index in [9.17, 15) is 0 Å². The molecule has 282 valence electrons. The molecule has 0 bridgehead atoms. The fraction of sp³-hybridized carbons (Fsp3) is 0.0714. The maximum absolute atomic E-state index is 7.05. The van der Waals surface area contributed by atoms with Gasteiger partial charge in [0.25, 0.3) is 0 Å². The van der Waals surface area contributed by atoms with Gasteiger partial charge in [-0.15, -0.1) is 0 Å². The molecule has 1 aliphatic rings. The zero-order valence-electron chi connectivity index (χ0n) is 33.2. The summed E-state index contributed by atoms with van der Waals surface area (Å²) in [5.74, 6) is 0. The van der Waals surface area contributed by atoms with Crippen LogP contribution >= 0.6 is 0 Å². The molecule has 1 heterocycles. The Hall–Kier alpha value is -7.36. The van der Waals surface area contributed by atoms with Crippen LogP contribution in [0.25, 0.3) is 71.7 Å². The van der Waals surface area contributed by atoms with Gasteiger partial charge in [0.05, 0.1) is 12.3 Å². The second kappa shape index (κ2) is 14.9. The molecular weight excluding hydrogens is 715 g/mol. The number of nitrogens with zero attached hydrogens (tertiary/aromatic N) is 2. The fourth-order valence-corrected chi connectivity index (χ4v) is 8.92. The van der Waals surface area contributed by atoms with Crippen molar-refractivity contribution >= 4 is 33.0 Å². The normalized spacial score (nSPS) is 13.4. The second-order valence-corrected chi connectivity index (χ2v) is 16.0. The minimum absolute atomic E-state index is 0.0500.